The number of ether oxygens (including phenoxy) is 8. The first-order valence-electron chi connectivity index (χ1n) is 16.7. The Morgan fingerprint density at radius 1 is 0.347 bits per heavy atom. The van der Waals surface area contributed by atoms with Crippen LogP contribution in [0.5, 0.6) is 11.5 Å². The number of carbonyl (C=O) groups is 1. The zero-order chi connectivity index (χ0) is 57.5. The van der Waals surface area contributed by atoms with Gasteiger partial charge in [0.1, 0.15) is 32.7 Å². The Kier molecular flexibility index (Phi) is 18.8. The fourth-order valence-corrected chi connectivity index (χ4v) is 3.91. The predicted octanol–water partition coefficient (Wildman–Crippen LogP) is 12.0. The topological polar surface area (TPSA) is 90.9 Å². The summed E-state index contributed by atoms with van der Waals surface area (Å²) in [6.07, 6.45) is -78.8. The Hall–Kier alpha value is -4.13. The number of rotatable bonds is 25. The van der Waals surface area contributed by atoms with E-state index in [0.29, 0.717) is 18.2 Å². The molecule has 1 aromatic rings. The van der Waals surface area contributed by atoms with Crippen LogP contribution in [-0.2, 0) is 28.4 Å². The molecule has 9 nitrogen and oxygen atoms in total. The van der Waals surface area contributed by atoms with Gasteiger partial charge in [-0.1, -0.05) is 0 Å². The lowest BCUT2D eigenvalue weighted by Gasteiger charge is -2.40. The second-order valence-electron chi connectivity index (χ2n) is 12.9. The average Bonchev–Trinajstić information content (AvgIpc) is 3.14. The van der Waals surface area contributed by atoms with Crippen LogP contribution in [0.15, 0.2) is 18.2 Å². The van der Waals surface area contributed by atoms with Gasteiger partial charge < -0.3 is 18.9 Å². The summed E-state index contributed by atoms with van der Waals surface area (Å²) in [5.41, 5.74) is -0.595. The Morgan fingerprint density at radius 2 is 0.653 bits per heavy atom. The number of carbonyl (C=O) groups excluding carboxylic acids is 1. The van der Waals surface area contributed by atoms with Crippen LogP contribution in [0.25, 0.3) is 0 Å². The largest absolute Gasteiger partial charge is 0.487 e. The molecule has 0 aliphatic rings. The molecule has 0 N–H and O–H groups in total. The number of hydrogen-bond acceptors (Lipinski definition) is 9. The lowest BCUT2D eigenvalue weighted by Crippen LogP contribution is -2.67. The SMILES string of the molecule is O=Cc1ccc(OCCOCC(F)(OC(F)(F)C(F)(OC(F)(F)C(F)(F)C(F)(F)F)C(F)(F)F)C(F)(F)F)c(OCCOCC(F)(OC(F)(F)C(F)(OC(F)(F)C(F)(F)C(F)(F)F)C(F)(F)F)C(F)(F)F)c1. The lowest BCUT2D eigenvalue weighted by molar-refractivity contribution is -0.553. The van der Waals surface area contributed by atoms with Crippen LogP contribution in [0.3, 0.4) is 0 Å². The molecule has 0 aromatic heterocycles. The van der Waals surface area contributed by atoms with Crippen LogP contribution in [-0.4, -0.2) is 143 Å². The molecule has 0 fully saturated rings. The van der Waals surface area contributed by atoms with Crippen LogP contribution in [0.4, 0.5) is 149 Å². The molecule has 0 radical (unpaired) electrons. The summed E-state index contributed by atoms with van der Waals surface area (Å²) in [4.78, 5) is 11.1. The quantitative estimate of drug-likeness (QED) is 0.0539. The smallest absolute Gasteiger partial charge is 0.462 e. The van der Waals surface area contributed by atoms with Crippen molar-refractivity contribution in [1.82, 2.24) is 0 Å². The Morgan fingerprint density at radius 3 is 0.917 bits per heavy atom. The third-order valence-corrected chi connectivity index (χ3v) is 7.53. The van der Waals surface area contributed by atoms with Crippen LogP contribution >= 0.6 is 0 Å². The first kappa shape index (κ1) is 65.9. The van der Waals surface area contributed by atoms with Crippen molar-refractivity contribution < 1.29 is 192 Å². The second-order valence-corrected chi connectivity index (χ2v) is 12.9. The van der Waals surface area contributed by atoms with Crippen molar-refractivity contribution in [1.29, 1.82) is 0 Å². The first-order valence-corrected chi connectivity index (χ1v) is 16.7. The van der Waals surface area contributed by atoms with Crippen molar-refractivity contribution in [2.75, 3.05) is 39.6 Å². The molecule has 0 bridgehead atoms. The van der Waals surface area contributed by atoms with Crippen LogP contribution in [0.1, 0.15) is 10.4 Å². The maximum atomic E-state index is 14.7. The number of alkyl halides is 34. The molecule has 4 atom stereocenters. The summed E-state index contributed by atoms with van der Waals surface area (Å²) < 4.78 is 477. The predicted molar refractivity (Wildman–Crippen MR) is 150 cm³/mol. The molecule has 0 saturated heterocycles. The zero-order valence-electron chi connectivity index (χ0n) is 32.6. The van der Waals surface area contributed by atoms with Crippen LogP contribution in [0, 0.1) is 0 Å². The highest BCUT2D eigenvalue weighted by Crippen LogP contribution is 2.59. The highest BCUT2D eigenvalue weighted by molar-refractivity contribution is 5.76. The Labute approximate surface area is 371 Å². The summed E-state index contributed by atoms with van der Waals surface area (Å²) in [6, 6.07) is 1.58. The molecule has 0 saturated carbocycles. The van der Waals surface area contributed by atoms with E-state index in [-0.39, 0.29) is 6.29 Å². The van der Waals surface area contributed by atoms with Gasteiger partial charge in [0.2, 0.25) is 0 Å². The van der Waals surface area contributed by atoms with E-state index in [1.54, 1.807) is 0 Å². The zero-order valence-corrected chi connectivity index (χ0v) is 32.6. The highest BCUT2D eigenvalue weighted by Gasteiger charge is 2.87. The minimum Gasteiger partial charge on any atom is -0.487 e. The Bertz CT molecular complexity index is 1960. The van der Waals surface area contributed by atoms with Crippen molar-refractivity contribution in [3.05, 3.63) is 23.8 Å². The maximum absolute atomic E-state index is 14.7. The molecule has 1 rings (SSSR count). The van der Waals surface area contributed by atoms with Crippen LogP contribution in [0.2, 0.25) is 0 Å². The molecule has 1 aromatic carbocycles. The molecule has 0 aliphatic carbocycles. The molecule has 72 heavy (non-hydrogen) atoms. The number of halogens is 34. The van der Waals surface area contributed by atoms with Gasteiger partial charge in [-0.3, -0.25) is 23.7 Å². The maximum Gasteiger partial charge on any atom is 0.462 e. The molecule has 0 amide bonds. The van der Waals surface area contributed by atoms with Crippen molar-refractivity contribution in [3.63, 3.8) is 0 Å². The van der Waals surface area contributed by atoms with Crippen molar-refractivity contribution in [2.24, 2.45) is 0 Å². The monoisotopic (exact) mass is 1150 g/mol. The van der Waals surface area contributed by atoms with E-state index in [0.717, 1.165) is 0 Å². The lowest BCUT2D eigenvalue weighted by atomic mass is 10.2. The first-order chi connectivity index (χ1) is 31.4. The number of hydrogen-bond donors (Lipinski definition) is 0. The fraction of sp³-hybridized carbons (Fsp3) is 0.759. The number of aldehydes is 1. The molecule has 0 aliphatic heterocycles. The third kappa shape index (κ3) is 13.6. The van der Waals surface area contributed by atoms with Gasteiger partial charge in [0.15, 0.2) is 11.5 Å². The van der Waals surface area contributed by atoms with E-state index in [4.69, 9.17) is 9.47 Å². The summed E-state index contributed by atoms with van der Waals surface area (Å²) in [6.45, 7) is -13.3. The minimum atomic E-state index is -8.24. The summed E-state index contributed by atoms with van der Waals surface area (Å²) >= 11 is 0. The van der Waals surface area contributed by atoms with Gasteiger partial charge in [-0.2, -0.15) is 149 Å². The molecule has 43 heteroatoms. The normalized spacial score (nSPS) is 18.2. The van der Waals surface area contributed by atoms with Crippen molar-refractivity contribution in [3.8, 4) is 11.5 Å². The van der Waals surface area contributed by atoms with Gasteiger partial charge in [0.05, 0.1) is 13.2 Å². The van der Waals surface area contributed by atoms with Crippen molar-refractivity contribution in [2.45, 2.75) is 96.8 Å². The Balaban J connectivity index is 3.27. The van der Waals surface area contributed by atoms with Crippen molar-refractivity contribution >= 4 is 6.29 Å². The number of benzene rings is 1. The minimum absolute atomic E-state index is 0.128. The van der Waals surface area contributed by atoms with E-state index in [1.165, 1.54) is 9.47 Å². The molecular weight excluding hydrogens is 1140 g/mol. The summed E-state index contributed by atoms with van der Waals surface area (Å²) in [5, 5.41) is 0. The van der Waals surface area contributed by atoms with E-state index in [9.17, 15) is 154 Å². The molecule has 0 heterocycles. The van der Waals surface area contributed by atoms with E-state index in [2.05, 4.69) is 9.47 Å². The van der Waals surface area contributed by atoms with E-state index < -0.39 is 153 Å². The molecule has 424 valence electrons. The van der Waals surface area contributed by atoms with E-state index in [1.807, 2.05) is 9.47 Å². The van der Waals surface area contributed by atoms with E-state index >= 15 is 0 Å². The van der Waals surface area contributed by atoms with Gasteiger partial charge in [-0.25, -0.2) is 0 Å². The fourth-order valence-electron chi connectivity index (χ4n) is 3.91. The third-order valence-electron chi connectivity index (χ3n) is 7.53. The average molecular weight is 1150 g/mol. The highest BCUT2D eigenvalue weighted by atomic mass is 19.5. The second kappa shape index (κ2) is 20.5. The summed E-state index contributed by atoms with van der Waals surface area (Å²) in [5.74, 6) is -48.0. The van der Waals surface area contributed by atoms with Gasteiger partial charge in [-0.05, 0) is 18.2 Å². The molecule has 0 spiro atoms. The van der Waals surface area contributed by atoms with Gasteiger partial charge >= 0.3 is 96.8 Å². The van der Waals surface area contributed by atoms with Crippen LogP contribution < -0.4 is 9.47 Å². The molecular formula is C29H16F34O9. The van der Waals surface area contributed by atoms with Gasteiger partial charge in [-0.15, -0.1) is 0 Å². The summed E-state index contributed by atoms with van der Waals surface area (Å²) in [7, 11) is 0. The van der Waals surface area contributed by atoms with Gasteiger partial charge in [0, 0.05) is 5.56 Å². The standard InChI is InChI=1S/C29H16F34O9/c30-14(20(38,39)40,69-28(60,61)18(36,24(50,51)52)71-26(56,57)16(32,33)22(44,45)46)9-65-3-5-67-12-2-1-11(8-64)7-13(12)68-6-4-66-10-15(31,21(41,42)43)70-29(62,63)19(37,25(53,54)55)72-27(58,59)17(34,35)23(47,48)49/h1-2,7-8H,3-6,9-10H2. The molecule has 4 unspecified atom stereocenters. The van der Waals surface area contributed by atoms with Gasteiger partial charge in [0.25, 0.3) is 0 Å².